The third kappa shape index (κ3) is 6.89. The Morgan fingerprint density at radius 3 is 2.52 bits per heavy atom. The predicted octanol–water partition coefficient (Wildman–Crippen LogP) is 2.69. The molecule has 4 N–H and O–H groups in total. The van der Waals surface area contributed by atoms with Gasteiger partial charge in [0.1, 0.15) is 6.10 Å². The topological polar surface area (TPSA) is 124 Å². The zero-order valence-corrected chi connectivity index (χ0v) is 19.0. The second-order valence-corrected chi connectivity index (χ2v) is 9.99. The van der Waals surface area contributed by atoms with E-state index in [9.17, 15) is 24.9 Å². The van der Waals surface area contributed by atoms with Gasteiger partial charge in [-0.1, -0.05) is 32.1 Å². The van der Waals surface area contributed by atoms with Crippen LogP contribution in [0.5, 0.6) is 0 Å². The second kappa shape index (κ2) is 10.7. The van der Waals surface area contributed by atoms with Crippen molar-refractivity contribution in [2.24, 2.45) is 29.1 Å². The molecule has 0 radical (unpaired) electrons. The quantitative estimate of drug-likeness (QED) is 0.387. The van der Waals surface area contributed by atoms with Gasteiger partial charge in [0, 0.05) is 5.92 Å². The van der Waals surface area contributed by atoms with Crippen LogP contribution in [0.4, 0.5) is 0 Å². The number of aliphatic hydroxyl groups is 3. The highest BCUT2D eigenvalue weighted by molar-refractivity contribution is 5.76. The summed E-state index contributed by atoms with van der Waals surface area (Å²) in [6.07, 6.45) is 5.74. The number of hydrogen-bond donors (Lipinski definition) is 4. The third-order valence-corrected chi connectivity index (χ3v) is 6.59. The van der Waals surface area contributed by atoms with Gasteiger partial charge in [-0.2, -0.15) is 0 Å². The largest absolute Gasteiger partial charge is 0.481 e. The van der Waals surface area contributed by atoms with E-state index in [0.29, 0.717) is 19.3 Å². The molecule has 2 rings (SSSR count). The summed E-state index contributed by atoms with van der Waals surface area (Å²) in [7, 11) is 0. The number of carboxylic acids is 1. The third-order valence-electron chi connectivity index (χ3n) is 6.59. The fourth-order valence-electron chi connectivity index (χ4n) is 4.68. The van der Waals surface area contributed by atoms with Crippen LogP contribution in [-0.2, 0) is 14.3 Å². The van der Waals surface area contributed by atoms with Crippen LogP contribution >= 0.6 is 0 Å². The molecular weight excluding hydrogens is 400 g/mol. The Bertz CT molecular complexity index is 696. The Morgan fingerprint density at radius 2 is 1.90 bits per heavy atom. The van der Waals surface area contributed by atoms with Crippen LogP contribution in [0.3, 0.4) is 0 Å². The van der Waals surface area contributed by atoms with Crippen LogP contribution in [0, 0.1) is 29.1 Å². The number of rotatable bonds is 10. The molecule has 7 atom stereocenters. The van der Waals surface area contributed by atoms with Crippen molar-refractivity contribution in [1.29, 1.82) is 0 Å². The molecule has 0 aromatic carbocycles. The van der Waals surface area contributed by atoms with E-state index < -0.39 is 29.6 Å². The minimum Gasteiger partial charge on any atom is -0.481 e. The van der Waals surface area contributed by atoms with Crippen molar-refractivity contribution in [3.05, 3.63) is 23.8 Å². The van der Waals surface area contributed by atoms with Gasteiger partial charge in [0.25, 0.3) is 0 Å². The molecule has 0 aromatic heterocycles. The molecule has 7 heteroatoms. The minimum atomic E-state index is -1.09. The Morgan fingerprint density at radius 1 is 1.23 bits per heavy atom. The van der Waals surface area contributed by atoms with Crippen molar-refractivity contribution >= 4 is 11.9 Å². The summed E-state index contributed by atoms with van der Waals surface area (Å²) in [5.41, 5.74) is 0.175. The number of allylic oxidation sites excluding steroid dienone is 3. The molecule has 0 fully saturated rings. The maximum Gasteiger partial charge on any atom is 0.314 e. The summed E-state index contributed by atoms with van der Waals surface area (Å²) in [5.74, 6) is -0.870. The van der Waals surface area contributed by atoms with Crippen molar-refractivity contribution < 1.29 is 34.8 Å². The Balaban J connectivity index is 2.12. The first-order chi connectivity index (χ1) is 14.4. The summed E-state index contributed by atoms with van der Waals surface area (Å²) in [5, 5.41) is 38.5. The number of hydrogen-bond acceptors (Lipinski definition) is 6. The maximum atomic E-state index is 12.7. The van der Waals surface area contributed by atoms with Gasteiger partial charge in [0.15, 0.2) is 0 Å². The van der Waals surface area contributed by atoms with Gasteiger partial charge in [-0.15, -0.1) is 0 Å². The molecule has 0 aliphatic heterocycles. The van der Waals surface area contributed by atoms with E-state index in [1.54, 1.807) is 13.8 Å². The van der Waals surface area contributed by atoms with Gasteiger partial charge in [0.05, 0.1) is 30.7 Å². The Kier molecular flexibility index (Phi) is 8.86. The molecule has 0 saturated heterocycles. The van der Waals surface area contributed by atoms with E-state index in [2.05, 4.69) is 32.1 Å². The van der Waals surface area contributed by atoms with E-state index in [1.165, 1.54) is 0 Å². The lowest BCUT2D eigenvalue weighted by Crippen LogP contribution is -2.43. The number of carbonyl (C=O) groups excluding carboxylic acids is 1. The molecular formula is C24H38O7. The van der Waals surface area contributed by atoms with Crippen LogP contribution in [-0.4, -0.2) is 57.3 Å². The molecule has 31 heavy (non-hydrogen) atoms. The highest BCUT2D eigenvalue weighted by Gasteiger charge is 2.43. The number of aliphatic carboxylic acids is 1. The van der Waals surface area contributed by atoms with Crippen molar-refractivity contribution in [3.8, 4) is 0 Å². The molecule has 0 aromatic rings. The number of carboxylic acid groups (broad SMARTS) is 1. The van der Waals surface area contributed by atoms with Crippen molar-refractivity contribution in [2.75, 3.05) is 6.61 Å². The van der Waals surface area contributed by atoms with E-state index >= 15 is 0 Å². The number of ether oxygens (including phenoxy) is 1. The highest BCUT2D eigenvalue weighted by atomic mass is 16.5. The minimum absolute atomic E-state index is 0.00536. The van der Waals surface area contributed by atoms with Gasteiger partial charge >= 0.3 is 11.9 Å². The fourth-order valence-corrected chi connectivity index (χ4v) is 4.68. The average Bonchev–Trinajstić information content (AvgIpc) is 2.66. The van der Waals surface area contributed by atoms with Gasteiger partial charge in [-0.3, -0.25) is 9.59 Å². The first-order valence-electron chi connectivity index (χ1n) is 11.2. The van der Waals surface area contributed by atoms with Gasteiger partial charge < -0.3 is 25.2 Å². The summed E-state index contributed by atoms with van der Waals surface area (Å²) >= 11 is 0. The van der Waals surface area contributed by atoms with E-state index in [-0.39, 0.29) is 49.2 Å². The second-order valence-electron chi connectivity index (χ2n) is 9.99. The van der Waals surface area contributed by atoms with Gasteiger partial charge in [-0.25, -0.2) is 0 Å². The monoisotopic (exact) mass is 438 g/mol. The predicted molar refractivity (Wildman–Crippen MR) is 116 cm³/mol. The normalized spacial score (nSPS) is 30.2. The van der Waals surface area contributed by atoms with Crippen molar-refractivity contribution in [2.45, 2.75) is 78.1 Å². The van der Waals surface area contributed by atoms with Crippen molar-refractivity contribution in [3.63, 3.8) is 0 Å². The SMILES string of the molecule is C[C@H]1C=C2C=C[C@H](C)[C@H](CC[C@@H](O)C[C@@H](O)CC(=O)O)[C@H]2[C@@H](OC(=O)C(C)(C)CO)C1. The number of carbonyl (C=O) groups is 2. The van der Waals surface area contributed by atoms with Crippen LogP contribution in [0.15, 0.2) is 23.8 Å². The molecule has 0 amide bonds. The molecule has 0 heterocycles. The Labute approximate surface area is 184 Å². The van der Waals surface area contributed by atoms with Crippen molar-refractivity contribution in [1.82, 2.24) is 0 Å². The standard InChI is InChI=1S/C24H38O7/c1-14-9-16-6-5-15(2)19(8-7-17(26)11-18(27)12-21(28)29)22(16)20(10-14)31-23(30)24(3,4)13-25/h5-6,9,14-15,17-20,22,25-27H,7-8,10-13H2,1-4H3,(H,28,29)/t14-,15-,17+,18+,19-,20-,22-/m0/s1. The molecule has 0 bridgehead atoms. The first kappa shape index (κ1) is 25.6. The fraction of sp³-hybridized carbons (Fsp3) is 0.750. The lowest BCUT2D eigenvalue weighted by Gasteiger charge is -2.43. The van der Waals surface area contributed by atoms with Crippen LogP contribution in [0.25, 0.3) is 0 Å². The molecule has 7 nitrogen and oxygen atoms in total. The summed E-state index contributed by atoms with van der Waals surface area (Å²) < 4.78 is 5.94. The zero-order chi connectivity index (χ0) is 23.3. The molecule has 2 aliphatic carbocycles. The molecule has 0 saturated carbocycles. The van der Waals surface area contributed by atoms with Crippen LogP contribution < -0.4 is 0 Å². The first-order valence-corrected chi connectivity index (χ1v) is 11.2. The highest BCUT2D eigenvalue weighted by Crippen LogP contribution is 2.45. The lowest BCUT2D eigenvalue weighted by atomic mass is 9.65. The molecule has 0 unspecified atom stereocenters. The molecule has 0 spiro atoms. The number of fused-ring (bicyclic) bond motifs is 1. The maximum absolute atomic E-state index is 12.7. The molecule has 176 valence electrons. The van der Waals surface area contributed by atoms with Gasteiger partial charge in [0.2, 0.25) is 0 Å². The summed E-state index contributed by atoms with van der Waals surface area (Å²) in [4.78, 5) is 23.4. The van der Waals surface area contributed by atoms with Gasteiger partial charge in [-0.05, 0) is 62.9 Å². The smallest absolute Gasteiger partial charge is 0.314 e. The average molecular weight is 439 g/mol. The number of esters is 1. The van der Waals surface area contributed by atoms with E-state index in [0.717, 1.165) is 5.57 Å². The summed E-state index contributed by atoms with van der Waals surface area (Å²) in [6, 6.07) is 0. The van der Waals surface area contributed by atoms with Crippen LogP contribution in [0.1, 0.15) is 59.8 Å². The van der Waals surface area contributed by atoms with E-state index in [4.69, 9.17) is 9.84 Å². The van der Waals surface area contributed by atoms with Crippen LogP contribution in [0.2, 0.25) is 0 Å². The summed E-state index contributed by atoms with van der Waals surface area (Å²) in [6.45, 7) is 7.25. The molecule has 2 aliphatic rings. The zero-order valence-electron chi connectivity index (χ0n) is 19.0. The lowest BCUT2D eigenvalue weighted by molar-refractivity contribution is -0.166. The van der Waals surface area contributed by atoms with E-state index in [1.807, 2.05) is 0 Å². The Hall–Kier alpha value is -1.70. The number of aliphatic hydroxyl groups excluding tert-OH is 3.